The van der Waals surface area contributed by atoms with Crippen molar-refractivity contribution in [3.63, 3.8) is 0 Å². The molecule has 1 aliphatic rings. The summed E-state index contributed by atoms with van der Waals surface area (Å²) in [5.74, 6) is -0.547. The van der Waals surface area contributed by atoms with E-state index in [1.54, 1.807) is 13.0 Å². The minimum Gasteiger partial charge on any atom is -0.369 e. The Balaban J connectivity index is 1.49. The molecule has 0 unspecified atom stereocenters. The first-order valence-corrected chi connectivity index (χ1v) is 12.2. The van der Waals surface area contributed by atoms with E-state index in [9.17, 15) is 23.3 Å². The Labute approximate surface area is 197 Å². The molecule has 176 valence electrons. The zero-order valence-corrected chi connectivity index (χ0v) is 19.4. The third kappa shape index (κ3) is 4.78. The van der Waals surface area contributed by atoms with E-state index < -0.39 is 20.9 Å². The molecule has 34 heavy (non-hydrogen) atoms. The van der Waals surface area contributed by atoms with Crippen LogP contribution in [0.3, 0.4) is 0 Å². The Bertz CT molecular complexity index is 1320. The van der Waals surface area contributed by atoms with Gasteiger partial charge in [0.2, 0.25) is 10.0 Å². The Hall–Kier alpha value is -3.76. The summed E-state index contributed by atoms with van der Waals surface area (Å²) < 4.78 is 27.9. The molecule has 1 saturated heterocycles. The van der Waals surface area contributed by atoms with Gasteiger partial charge in [0.1, 0.15) is 0 Å². The number of anilines is 2. The van der Waals surface area contributed by atoms with Gasteiger partial charge >= 0.3 is 0 Å². The van der Waals surface area contributed by atoms with Gasteiger partial charge in [-0.3, -0.25) is 14.9 Å². The smallest absolute Gasteiger partial charge is 0.274 e. The molecule has 0 aliphatic carbocycles. The van der Waals surface area contributed by atoms with Crippen molar-refractivity contribution in [3.05, 3.63) is 94.0 Å². The van der Waals surface area contributed by atoms with Crippen LogP contribution in [0.1, 0.15) is 15.9 Å². The van der Waals surface area contributed by atoms with E-state index in [0.717, 1.165) is 5.69 Å². The maximum atomic E-state index is 13.2. The highest BCUT2D eigenvalue weighted by Gasteiger charge is 2.29. The number of piperazine rings is 1. The summed E-state index contributed by atoms with van der Waals surface area (Å²) in [5.41, 5.74) is 1.71. The highest BCUT2D eigenvalue weighted by Crippen LogP contribution is 2.26. The van der Waals surface area contributed by atoms with Crippen LogP contribution in [0.15, 0.2) is 77.7 Å². The number of nitrogens with zero attached hydrogens (tertiary/aromatic N) is 3. The van der Waals surface area contributed by atoms with E-state index >= 15 is 0 Å². The summed E-state index contributed by atoms with van der Waals surface area (Å²) >= 11 is 0. The summed E-state index contributed by atoms with van der Waals surface area (Å²) in [6.45, 7) is 3.34. The Morgan fingerprint density at radius 2 is 1.62 bits per heavy atom. The van der Waals surface area contributed by atoms with E-state index in [1.165, 1.54) is 40.7 Å². The third-order valence-corrected chi connectivity index (χ3v) is 7.74. The lowest BCUT2D eigenvalue weighted by Crippen LogP contribution is -2.48. The first-order valence-electron chi connectivity index (χ1n) is 10.7. The molecule has 0 aromatic heterocycles. The minimum absolute atomic E-state index is 0.0316. The predicted molar refractivity (Wildman–Crippen MR) is 130 cm³/mol. The van der Waals surface area contributed by atoms with Crippen molar-refractivity contribution in [1.29, 1.82) is 0 Å². The number of nitrogens with one attached hydrogen (secondary N) is 1. The van der Waals surface area contributed by atoms with Gasteiger partial charge in [-0.2, -0.15) is 4.31 Å². The van der Waals surface area contributed by atoms with Crippen LogP contribution in [0.25, 0.3) is 0 Å². The molecule has 3 aromatic carbocycles. The monoisotopic (exact) mass is 480 g/mol. The van der Waals surface area contributed by atoms with E-state index in [1.807, 2.05) is 30.3 Å². The summed E-state index contributed by atoms with van der Waals surface area (Å²) in [7, 11) is -3.79. The number of nitro groups is 1. The first kappa shape index (κ1) is 23.4. The van der Waals surface area contributed by atoms with Gasteiger partial charge in [0.25, 0.3) is 11.6 Å². The normalized spacial score (nSPS) is 14.6. The second-order valence-electron chi connectivity index (χ2n) is 7.92. The summed E-state index contributed by atoms with van der Waals surface area (Å²) in [5, 5.41) is 13.8. The second kappa shape index (κ2) is 9.62. The molecule has 10 heteroatoms. The number of para-hydroxylation sites is 1. The van der Waals surface area contributed by atoms with Crippen LogP contribution in [-0.2, 0) is 10.0 Å². The molecule has 1 heterocycles. The van der Waals surface area contributed by atoms with Gasteiger partial charge in [-0.05, 0) is 43.3 Å². The maximum absolute atomic E-state index is 13.2. The van der Waals surface area contributed by atoms with Crippen LogP contribution in [0, 0.1) is 17.0 Å². The number of amides is 1. The fraction of sp³-hybridized carbons (Fsp3) is 0.208. The maximum Gasteiger partial charge on any atom is 0.274 e. The minimum atomic E-state index is -3.79. The van der Waals surface area contributed by atoms with Crippen LogP contribution >= 0.6 is 0 Å². The van der Waals surface area contributed by atoms with Crippen LogP contribution in [0.5, 0.6) is 0 Å². The first-order chi connectivity index (χ1) is 16.3. The van der Waals surface area contributed by atoms with Gasteiger partial charge in [-0.25, -0.2) is 8.42 Å². The van der Waals surface area contributed by atoms with E-state index in [4.69, 9.17) is 0 Å². The van der Waals surface area contributed by atoms with Crippen molar-refractivity contribution in [2.45, 2.75) is 11.8 Å². The zero-order valence-electron chi connectivity index (χ0n) is 18.5. The third-order valence-electron chi connectivity index (χ3n) is 5.84. The summed E-state index contributed by atoms with van der Waals surface area (Å²) in [6, 6.07) is 20.1. The van der Waals surface area contributed by atoms with Crippen molar-refractivity contribution in [2.75, 3.05) is 36.4 Å². The second-order valence-corrected chi connectivity index (χ2v) is 9.85. The lowest BCUT2D eigenvalue weighted by atomic mass is 10.1. The molecule has 3 aromatic rings. The van der Waals surface area contributed by atoms with E-state index in [2.05, 4.69) is 10.2 Å². The summed E-state index contributed by atoms with van der Waals surface area (Å²) in [6.07, 6.45) is 0. The highest BCUT2D eigenvalue weighted by molar-refractivity contribution is 7.89. The molecule has 1 aliphatic heterocycles. The van der Waals surface area contributed by atoms with E-state index in [0.29, 0.717) is 37.4 Å². The number of hydrogen-bond donors (Lipinski definition) is 1. The topological polar surface area (TPSA) is 113 Å². The number of carbonyl (C=O) groups excluding carboxylic acids is 1. The van der Waals surface area contributed by atoms with Gasteiger partial charge in [-0.1, -0.05) is 30.3 Å². The van der Waals surface area contributed by atoms with Crippen molar-refractivity contribution >= 4 is 33.0 Å². The molecule has 0 bridgehead atoms. The predicted octanol–water partition coefficient (Wildman–Crippen LogP) is 3.67. The number of rotatable bonds is 6. The van der Waals surface area contributed by atoms with Gasteiger partial charge in [-0.15, -0.1) is 0 Å². The van der Waals surface area contributed by atoms with Crippen LogP contribution in [0.2, 0.25) is 0 Å². The lowest BCUT2D eigenvalue weighted by Gasteiger charge is -2.35. The SMILES string of the molecule is Cc1c(NC(=O)c2cccc(S(=O)(=O)N3CCN(c4ccccc4)CC3)c2)cccc1[N+](=O)[O-]. The zero-order chi connectivity index (χ0) is 24.3. The summed E-state index contributed by atoms with van der Waals surface area (Å²) in [4.78, 5) is 25.6. The number of hydrogen-bond acceptors (Lipinski definition) is 6. The molecular formula is C24H24N4O5S. The molecule has 9 nitrogen and oxygen atoms in total. The highest BCUT2D eigenvalue weighted by atomic mass is 32.2. The van der Waals surface area contributed by atoms with E-state index in [-0.39, 0.29) is 16.1 Å². The van der Waals surface area contributed by atoms with Gasteiger partial charge in [0.15, 0.2) is 0 Å². The largest absolute Gasteiger partial charge is 0.369 e. The quantitative estimate of drug-likeness (QED) is 0.426. The fourth-order valence-electron chi connectivity index (χ4n) is 3.92. The van der Waals surface area contributed by atoms with Crippen molar-refractivity contribution in [2.24, 2.45) is 0 Å². The van der Waals surface area contributed by atoms with Crippen molar-refractivity contribution < 1.29 is 18.1 Å². The Kier molecular flexibility index (Phi) is 6.62. The van der Waals surface area contributed by atoms with Crippen LogP contribution in [0.4, 0.5) is 17.1 Å². The van der Waals surface area contributed by atoms with Crippen molar-refractivity contribution in [3.8, 4) is 0 Å². The van der Waals surface area contributed by atoms with Gasteiger partial charge in [0, 0.05) is 43.5 Å². The van der Waals surface area contributed by atoms with Crippen LogP contribution < -0.4 is 10.2 Å². The fourth-order valence-corrected chi connectivity index (χ4v) is 5.39. The van der Waals surface area contributed by atoms with Crippen molar-refractivity contribution in [1.82, 2.24) is 4.31 Å². The van der Waals surface area contributed by atoms with Gasteiger partial charge < -0.3 is 10.2 Å². The Morgan fingerprint density at radius 1 is 0.941 bits per heavy atom. The molecule has 4 rings (SSSR count). The molecule has 1 amide bonds. The lowest BCUT2D eigenvalue weighted by molar-refractivity contribution is -0.385. The molecule has 0 radical (unpaired) electrons. The molecule has 1 N–H and O–H groups in total. The Morgan fingerprint density at radius 3 is 2.29 bits per heavy atom. The molecule has 1 fully saturated rings. The van der Waals surface area contributed by atoms with Gasteiger partial charge in [0.05, 0.1) is 21.1 Å². The molecule has 0 atom stereocenters. The molecular weight excluding hydrogens is 456 g/mol. The number of nitro benzene ring substituents is 1. The number of sulfonamides is 1. The average molecular weight is 481 g/mol. The number of benzene rings is 3. The van der Waals surface area contributed by atoms with Crippen LogP contribution in [-0.4, -0.2) is 49.7 Å². The molecule has 0 saturated carbocycles. The molecule has 0 spiro atoms. The standard InChI is InChI=1S/C24H24N4O5S/c1-18-22(11-6-12-23(18)28(30)31)25-24(29)19-7-5-10-21(17-19)34(32,33)27-15-13-26(14-16-27)20-8-3-2-4-9-20/h2-12,17H,13-16H2,1H3,(H,25,29). The average Bonchev–Trinajstić information content (AvgIpc) is 2.86. The number of carbonyl (C=O) groups is 1.